The fraction of sp³-hybridized carbons (Fsp3) is 0.105. The Kier molecular flexibility index (Phi) is 5.71. The summed E-state index contributed by atoms with van der Waals surface area (Å²) in [5.74, 6) is 0.156. The van der Waals surface area contributed by atoms with Crippen LogP contribution < -0.4 is 10.2 Å². The number of nitrogens with one attached hydrogen (secondary N) is 1. The number of hydrogen-bond acceptors (Lipinski definition) is 4. The van der Waals surface area contributed by atoms with Gasteiger partial charge in [-0.3, -0.25) is 4.79 Å². The van der Waals surface area contributed by atoms with Crippen molar-refractivity contribution in [1.82, 2.24) is 10.4 Å². The maximum absolute atomic E-state index is 12.1. The zero-order valence-corrected chi connectivity index (χ0v) is 15.3. The number of halogens is 2. The number of fused-ring (bicyclic) bond motifs is 1. The number of nitrogens with zero attached hydrogens (tertiary/aromatic N) is 2. The number of carbonyl (C=O) groups is 1. The average Bonchev–Trinajstić information content (AvgIpc) is 2.63. The first kappa shape index (κ1) is 18.2. The van der Waals surface area contributed by atoms with E-state index in [-0.39, 0.29) is 5.91 Å². The first-order valence-corrected chi connectivity index (χ1v) is 8.59. The Balaban J connectivity index is 1.63. The van der Waals surface area contributed by atoms with Crippen LogP contribution in [-0.4, -0.2) is 23.2 Å². The molecule has 1 amide bonds. The van der Waals surface area contributed by atoms with Crippen LogP contribution in [0.2, 0.25) is 10.2 Å². The smallest absolute Gasteiger partial charge is 0.280 e. The third-order valence-electron chi connectivity index (χ3n) is 3.58. The minimum absolute atomic E-state index is 0.312. The maximum atomic E-state index is 12.1. The Morgan fingerprint density at radius 1 is 1.19 bits per heavy atom. The summed E-state index contributed by atoms with van der Waals surface area (Å²) in [5, 5.41) is 5.78. The number of benzene rings is 2. The number of para-hydroxylation sites is 1. The van der Waals surface area contributed by atoms with Crippen LogP contribution in [0.5, 0.6) is 5.75 Å². The summed E-state index contributed by atoms with van der Waals surface area (Å²) < 4.78 is 5.53. The van der Waals surface area contributed by atoms with Gasteiger partial charge in [0, 0.05) is 16.0 Å². The van der Waals surface area contributed by atoms with E-state index in [0.717, 1.165) is 10.9 Å². The molecule has 0 aliphatic rings. The van der Waals surface area contributed by atoms with Crippen molar-refractivity contribution in [2.75, 3.05) is 0 Å². The largest absolute Gasteiger partial charge is 0.481 e. The molecule has 0 spiro atoms. The van der Waals surface area contributed by atoms with Crippen LogP contribution >= 0.6 is 23.2 Å². The molecule has 3 rings (SSSR count). The van der Waals surface area contributed by atoms with E-state index < -0.39 is 6.10 Å². The van der Waals surface area contributed by atoms with E-state index in [2.05, 4.69) is 15.5 Å². The van der Waals surface area contributed by atoms with Gasteiger partial charge in [0.1, 0.15) is 10.9 Å². The van der Waals surface area contributed by atoms with E-state index in [1.54, 1.807) is 31.2 Å². The molecule has 0 aliphatic carbocycles. The normalized spacial score (nSPS) is 12.3. The number of carbonyl (C=O) groups excluding carboxylic acids is 1. The average molecular weight is 388 g/mol. The van der Waals surface area contributed by atoms with Gasteiger partial charge in [0.15, 0.2) is 6.10 Å². The number of pyridine rings is 1. The van der Waals surface area contributed by atoms with E-state index in [1.165, 1.54) is 6.21 Å². The van der Waals surface area contributed by atoms with Crippen LogP contribution in [-0.2, 0) is 4.79 Å². The summed E-state index contributed by atoms with van der Waals surface area (Å²) >= 11 is 12.0. The molecule has 26 heavy (non-hydrogen) atoms. The second-order valence-electron chi connectivity index (χ2n) is 5.51. The van der Waals surface area contributed by atoms with Gasteiger partial charge in [-0.05, 0) is 43.3 Å². The van der Waals surface area contributed by atoms with Crippen LogP contribution in [0.4, 0.5) is 0 Å². The molecule has 1 N–H and O–H groups in total. The van der Waals surface area contributed by atoms with Gasteiger partial charge in [0.2, 0.25) is 0 Å². The Hall–Kier alpha value is -2.63. The van der Waals surface area contributed by atoms with Crippen molar-refractivity contribution in [2.24, 2.45) is 5.10 Å². The Morgan fingerprint density at radius 2 is 1.92 bits per heavy atom. The van der Waals surface area contributed by atoms with Gasteiger partial charge in [0.05, 0.1) is 11.7 Å². The number of aromatic nitrogens is 1. The van der Waals surface area contributed by atoms with Gasteiger partial charge in [-0.2, -0.15) is 5.10 Å². The van der Waals surface area contributed by atoms with Crippen molar-refractivity contribution >= 4 is 46.2 Å². The molecule has 1 aromatic heterocycles. The van der Waals surface area contributed by atoms with Crippen LogP contribution in [0.1, 0.15) is 12.5 Å². The van der Waals surface area contributed by atoms with E-state index in [0.29, 0.717) is 21.5 Å². The van der Waals surface area contributed by atoms with Gasteiger partial charge >= 0.3 is 0 Å². The SMILES string of the molecule is C[C@H](Oc1ccc(Cl)cc1)C(=O)N/N=C\c1cc2ccccc2nc1Cl. The fourth-order valence-electron chi connectivity index (χ4n) is 2.23. The molecule has 0 unspecified atom stereocenters. The second kappa shape index (κ2) is 8.17. The lowest BCUT2D eigenvalue weighted by atomic mass is 10.2. The highest BCUT2D eigenvalue weighted by molar-refractivity contribution is 6.32. The number of ether oxygens (including phenoxy) is 1. The van der Waals surface area contributed by atoms with Crippen molar-refractivity contribution in [1.29, 1.82) is 0 Å². The quantitative estimate of drug-likeness (QED) is 0.399. The molecule has 0 bridgehead atoms. The predicted octanol–water partition coefficient (Wildman–Crippen LogP) is 4.46. The van der Waals surface area contributed by atoms with Crippen molar-refractivity contribution in [2.45, 2.75) is 13.0 Å². The molecule has 0 aliphatic heterocycles. The molecule has 0 fully saturated rings. The van der Waals surface area contributed by atoms with Gasteiger partial charge in [-0.25, -0.2) is 10.4 Å². The molecular formula is C19H15Cl2N3O2. The number of hydrazone groups is 1. The molecule has 0 radical (unpaired) electrons. The third-order valence-corrected chi connectivity index (χ3v) is 4.13. The van der Waals surface area contributed by atoms with E-state index in [1.807, 2.05) is 30.3 Å². The summed E-state index contributed by atoms with van der Waals surface area (Å²) in [7, 11) is 0. The van der Waals surface area contributed by atoms with Crippen molar-refractivity contribution < 1.29 is 9.53 Å². The summed E-state index contributed by atoms with van der Waals surface area (Å²) in [6, 6.07) is 16.2. The first-order valence-electron chi connectivity index (χ1n) is 7.83. The lowest BCUT2D eigenvalue weighted by Crippen LogP contribution is -2.33. The number of hydrogen-bond donors (Lipinski definition) is 1. The summed E-state index contributed by atoms with van der Waals surface area (Å²) in [6.45, 7) is 1.63. The highest BCUT2D eigenvalue weighted by atomic mass is 35.5. The van der Waals surface area contributed by atoms with Crippen LogP contribution in [0, 0.1) is 0 Å². The monoisotopic (exact) mass is 387 g/mol. The lowest BCUT2D eigenvalue weighted by molar-refractivity contribution is -0.127. The van der Waals surface area contributed by atoms with Crippen LogP contribution in [0.25, 0.3) is 10.9 Å². The zero-order chi connectivity index (χ0) is 18.5. The Morgan fingerprint density at radius 3 is 2.69 bits per heavy atom. The molecule has 1 heterocycles. The van der Waals surface area contributed by atoms with E-state index in [9.17, 15) is 4.79 Å². The van der Waals surface area contributed by atoms with Gasteiger partial charge in [-0.1, -0.05) is 41.4 Å². The molecule has 3 aromatic rings. The van der Waals surface area contributed by atoms with E-state index >= 15 is 0 Å². The van der Waals surface area contributed by atoms with Crippen LogP contribution in [0.15, 0.2) is 59.7 Å². The van der Waals surface area contributed by atoms with Crippen molar-refractivity contribution in [3.05, 3.63) is 70.3 Å². The topological polar surface area (TPSA) is 63.6 Å². The predicted molar refractivity (Wildman–Crippen MR) is 104 cm³/mol. The number of amides is 1. The van der Waals surface area contributed by atoms with Crippen molar-refractivity contribution in [3.8, 4) is 5.75 Å². The van der Waals surface area contributed by atoms with Crippen molar-refractivity contribution in [3.63, 3.8) is 0 Å². The molecule has 0 saturated heterocycles. The zero-order valence-electron chi connectivity index (χ0n) is 13.8. The standard InChI is InChI=1S/C19H15Cl2N3O2/c1-12(26-16-8-6-15(20)7-9-16)19(25)24-22-11-14-10-13-4-2-3-5-17(13)23-18(14)21/h2-12H,1H3,(H,24,25)/b22-11-/t12-/m0/s1. The minimum atomic E-state index is -0.724. The fourth-order valence-corrected chi connectivity index (χ4v) is 2.55. The molecule has 132 valence electrons. The molecule has 1 atom stereocenters. The molecular weight excluding hydrogens is 373 g/mol. The van der Waals surface area contributed by atoms with Gasteiger partial charge < -0.3 is 4.74 Å². The molecule has 7 heteroatoms. The van der Waals surface area contributed by atoms with E-state index in [4.69, 9.17) is 27.9 Å². The lowest BCUT2D eigenvalue weighted by Gasteiger charge is -2.12. The molecule has 5 nitrogen and oxygen atoms in total. The second-order valence-corrected chi connectivity index (χ2v) is 6.30. The third kappa shape index (κ3) is 4.50. The Bertz CT molecular complexity index is 959. The van der Waals surface area contributed by atoms with Crippen LogP contribution in [0.3, 0.4) is 0 Å². The Labute approximate surface area is 160 Å². The highest BCUT2D eigenvalue weighted by Crippen LogP contribution is 2.19. The molecule has 2 aromatic carbocycles. The summed E-state index contributed by atoms with van der Waals surface area (Å²) in [4.78, 5) is 16.4. The van der Waals surface area contributed by atoms with Gasteiger partial charge in [-0.15, -0.1) is 0 Å². The maximum Gasteiger partial charge on any atom is 0.280 e. The highest BCUT2D eigenvalue weighted by Gasteiger charge is 2.14. The van der Waals surface area contributed by atoms with Gasteiger partial charge in [0.25, 0.3) is 5.91 Å². The molecule has 0 saturated carbocycles. The summed E-state index contributed by atoms with van der Waals surface area (Å²) in [5.41, 5.74) is 3.83. The number of rotatable bonds is 5. The first-order chi connectivity index (χ1) is 12.5. The minimum Gasteiger partial charge on any atom is -0.481 e. The summed E-state index contributed by atoms with van der Waals surface area (Å²) in [6.07, 6.45) is 0.729.